The fraction of sp³-hybridized carbons (Fsp3) is 0.538. The fourth-order valence-electron chi connectivity index (χ4n) is 2.27. The summed E-state index contributed by atoms with van der Waals surface area (Å²) >= 11 is 0. The summed E-state index contributed by atoms with van der Waals surface area (Å²) in [5.41, 5.74) is 0.719. The topological polar surface area (TPSA) is 69.6 Å². The first kappa shape index (κ1) is 14.1. The molecule has 2 N–H and O–H groups in total. The van der Waals surface area contributed by atoms with Crippen molar-refractivity contribution in [2.24, 2.45) is 0 Å². The maximum Gasteiger partial charge on any atom is 0.302 e. The van der Waals surface area contributed by atoms with Gasteiger partial charge < -0.3 is 5.11 Å². The first-order valence-corrected chi connectivity index (χ1v) is 7.77. The number of hydrogen-bond donors (Lipinski definition) is 2. The Kier molecular flexibility index (Phi) is 3.49. The van der Waals surface area contributed by atoms with E-state index in [1.807, 2.05) is 6.07 Å². The van der Waals surface area contributed by atoms with Crippen LogP contribution in [0.1, 0.15) is 32.8 Å². The highest BCUT2D eigenvalue weighted by atomic mass is 32.2. The van der Waals surface area contributed by atoms with Gasteiger partial charge >= 0.3 is 10.2 Å². The number of nitrogens with zero attached hydrogens (tertiary/aromatic N) is 1. The van der Waals surface area contributed by atoms with E-state index in [9.17, 15) is 13.5 Å². The van der Waals surface area contributed by atoms with Gasteiger partial charge in [-0.3, -0.25) is 4.31 Å². The zero-order valence-electron chi connectivity index (χ0n) is 11.5. The molecule has 106 valence electrons. The van der Waals surface area contributed by atoms with Gasteiger partial charge in [0.05, 0.1) is 5.69 Å². The molecule has 0 saturated carbocycles. The predicted octanol–water partition coefficient (Wildman–Crippen LogP) is 1.78. The summed E-state index contributed by atoms with van der Waals surface area (Å²) in [6.45, 7) is 5.76. The van der Waals surface area contributed by atoms with E-state index < -0.39 is 15.7 Å². The molecule has 1 aliphatic heterocycles. The molecule has 0 unspecified atom stereocenters. The minimum atomic E-state index is -3.65. The maximum absolute atomic E-state index is 12.4. The molecule has 0 aromatic heterocycles. The largest absolute Gasteiger partial charge is 0.506 e. The zero-order valence-corrected chi connectivity index (χ0v) is 12.3. The van der Waals surface area contributed by atoms with Crippen molar-refractivity contribution in [1.82, 2.24) is 4.72 Å². The smallest absolute Gasteiger partial charge is 0.302 e. The van der Waals surface area contributed by atoms with Crippen LogP contribution in [0.3, 0.4) is 0 Å². The highest BCUT2D eigenvalue weighted by Crippen LogP contribution is 2.36. The summed E-state index contributed by atoms with van der Waals surface area (Å²) in [5, 5.41) is 9.95. The van der Waals surface area contributed by atoms with Gasteiger partial charge in [0.2, 0.25) is 0 Å². The van der Waals surface area contributed by atoms with Gasteiger partial charge in [0.15, 0.2) is 0 Å². The Morgan fingerprint density at radius 3 is 2.63 bits per heavy atom. The van der Waals surface area contributed by atoms with Gasteiger partial charge in [-0.2, -0.15) is 13.1 Å². The number of phenols is 1. The molecule has 6 heteroatoms. The van der Waals surface area contributed by atoms with E-state index in [0.717, 1.165) is 18.4 Å². The second kappa shape index (κ2) is 4.68. The van der Waals surface area contributed by atoms with E-state index in [0.29, 0.717) is 12.2 Å². The lowest BCUT2D eigenvalue weighted by Gasteiger charge is -2.33. The van der Waals surface area contributed by atoms with E-state index in [4.69, 9.17) is 0 Å². The SMILES string of the molecule is CC(C)(C)NS(=O)(=O)N1CCCc2cccc(O)c21. The van der Waals surface area contributed by atoms with Crippen molar-refractivity contribution >= 4 is 15.9 Å². The number of rotatable bonds is 2. The fourth-order valence-corrected chi connectivity index (χ4v) is 3.98. The maximum atomic E-state index is 12.4. The molecule has 0 aliphatic carbocycles. The third-order valence-corrected chi connectivity index (χ3v) is 4.70. The van der Waals surface area contributed by atoms with Crippen LogP contribution in [0.2, 0.25) is 0 Å². The summed E-state index contributed by atoms with van der Waals surface area (Å²) in [6, 6.07) is 5.11. The summed E-state index contributed by atoms with van der Waals surface area (Å²) in [7, 11) is -3.65. The van der Waals surface area contributed by atoms with E-state index >= 15 is 0 Å². The van der Waals surface area contributed by atoms with Gasteiger partial charge in [-0.15, -0.1) is 0 Å². The molecule has 1 aromatic rings. The molecule has 0 radical (unpaired) electrons. The Labute approximate surface area is 114 Å². The molecule has 1 aromatic carbocycles. The monoisotopic (exact) mass is 284 g/mol. The molecule has 0 amide bonds. The minimum absolute atomic E-state index is 0.0106. The van der Waals surface area contributed by atoms with Crippen molar-refractivity contribution in [1.29, 1.82) is 0 Å². The van der Waals surface area contributed by atoms with Crippen molar-refractivity contribution in [2.45, 2.75) is 39.2 Å². The second-order valence-electron chi connectivity index (χ2n) is 5.82. The van der Waals surface area contributed by atoms with Crippen molar-refractivity contribution in [3.63, 3.8) is 0 Å². The molecule has 1 aliphatic rings. The van der Waals surface area contributed by atoms with Crippen molar-refractivity contribution in [3.05, 3.63) is 23.8 Å². The Morgan fingerprint density at radius 1 is 1.32 bits per heavy atom. The first-order valence-electron chi connectivity index (χ1n) is 6.33. The number of phenolic OH excluding ortho intramolecular Hbond substituents is 1. The molecule has 1 heterocycles. The number of aromatic hydroxyl groups is 1. The molecule has 0 fully saturated rings. The first-order chi connectivity index (χ1) is 8.71. The van der Waals surface area contributed by atoms with Gasteiger partial charge in [0, 0.05) is 12.1 Å². The van der Waals surface area contributed by atoms with Crippen LogP contribution < -0.4 is 9.03 Å². The second-order valence-corrected chi connectivity index (χ2v) is 7.41. The molecular formula is C13H20N2O3S. The minimum Gasteiger partial charge on any atom is -0.506 e. The van der Waals surface area contributed by atoms with Gasteiger partial charge in [-0.25, -0.2) is 0 Å². The number of para-hydroxylation sites is 1. The molecule has 2 rings (SSSR count). The lowest BCUT2D eigenvalue weighted by Crippen LogP contribution is -2.50. The lowest BCUT2D eigenvalue weighted by atomic mass is 10.0. The highest BCUT2D eigenvalue weighted by Gasteiger charge is 2.32. The van der Waals surface area contributed by atoms with Crippen LogP contribution in [0, 0.1) is 0 Å². The zero-order chi connectivity index (χ0) is 14.3. The van der Waals surface area contributed by atoms with Crippen LogP contribution in [0.4, 0.5) is 5.69 Å². The molecule has 5 nitrogen and oxygen atoms in total. The average molecular weight is 284 g/mol. The summed E-state index contributed by atoms with van der Waals surface area (Å²) < 4.78 is 28.7. The standard InChI is InChI=1S/C13H20N2O3S/c1-13(2,3)14-19(17,18)15-9-5-7-10-6-4-8-11(16)12(10)15/h4,6,8,14,16H,5,7,9H2,1-3H3. The summed E-state index contributed by atoms with van der Waals surface area (Å²) in [4.78, 5) is 0. The number of anilines is 1. The van der Waals surface area contributed by atoms with E-state index in [-0.39, 0.29) is 5.75 Å². The lowest BCUT2D eigenvalue weighted by molar-refractivity contribution is 0.468. The van der Waals surface area contributed by atoms with Crippen LogP contribution >= 0.6 is 0 Å². The normalized spacial score (nSPS) is 16.3. The Bertz CT molecular complexity index is 576. The molecule has 19 heavy (non-hydrogen) atoms. The van der Waals surface area contributed by atoms with Crippen LogP contribution in [-0.4, -0.2) is 25.6 Å². The quantitative estimate of drug-likeness (QED) is 0.869. The van der Waals surface area contributed by atoms with Gasteiger partial charge in [0.25, 0.3) is 0 Å². The van der Waals surface area contributed by atoms with E-state index in [2.05, 4.69) is 4.72 Å². The number of aryl methyl sites for hydroxylation is 1. The number of hydrogen-bond acceptors (Lipinski definition) is 3. The average Bonchev–Trinajstić information content (AvgIpc) is 2.25. The van der Waals surface area contributed by atoms with Gasteiger partial charge in [-0.05, 0) is 45.2 Å². The summed E-state index contributed by atoms with van der Waals surface area (Å²) in [6.07, 6.45) is 1.53. The Morgan fingerprint density at radius 2 is 2.00 bits per heavy atom. The number of benzene rings is 1. The van der Waals surface area contributed by atoms with Crippen LogP contribution in [0.15, 0.2) is 18.2 Å². The van der Waals surface area contributed by atoms with Crippen molar-refractivity contribution in [2.75, 3.05) is 10.8 Å². The highest BCUT2D eigenvalue weighted by molar-refractivity contribution is 7.91. The van der Waals surface area contributed by atoms with Crippen LogP contribution in [-0.2, 0) is 16.6 Å². The Balaban J connectivity index is 2.44. The van der Waals surface area contributed by atoms with Crippen LogP contribution in [0.5, 0.6) is 5.75 Å². The third kappa shape index (κ3) is 3.01. The molecule has 0 bridgehead atoms. The van der Waals surface area contributed by atoms with Gasteiger partial charge in [0.1, 0.15) is 5.75 Å². The molecular weight excluding hydrogens is 264 g/mol. The predicted molar refractivity (Wildman–Crippen MR) is 75.6 cm³/mol. The van der Waals surface area contributed by atoms with Crippen molar-refractivity contribution in [3.8, 4) is 5.75 Å². The van der Waals surface area contributed by atoms with Gasteiger partial charge in [-0.1, -0.05) is 12.1 Å². The van der Waals surface area contributed by atoms with E-state index in [1.165, 1.54) is 10.4 Å². The summed E-state index contributed by atoms with van der Waals surface area (Å²) in [5.74, 6) is 0.0106. The molecule has 0 atom stereocenters. The van der Waals surface area contributed by atoms with E-state index in [1.54, 1.807) is 26.8 Å². The van der Waals surface area contributed by atoms with Crippen molar-refractivity contribution < 1.29 is 13.5 Å². The molecule has 0 spiro atoms. The molecule has 0 saturated heterocycles. The Hall–Kier alpha value is -1.27. The van der Waals surface area contributed by atoms with Crippen LogP contribution in [0.25, 0.3) is 0 Å². The number of fused-ring (bicyclic) bond motifs is 1. The number of nitrogens with one attached hydrogen (secondary N) is 1. The third-order valence-electron chi connectivity index (χ3n) is 2.88.